The van der Waals surface area contributed by atoms with Gasteiger partial charge in [0.2, 0.25) is 0 Å². The Labute approximate surface area is 106 Å². The van der Waals surface area contributed by atoms with Crippen LogP contribution in [0.25, 0.3) is 12.2 Å². The summed E-state index contributed by atoms with van der Waals surface area (Å²) in [6.07, 6.45) is 5.91. The third kappa shape index (κ3) is 3.54. The number of carbonyl (C=O) groups is 2. The molecule has 0 saturated heterocycles. The predicted octanol–water partition coefficient (Wildman–Crippen LogP) is 1.76. The molecule has 4 heteroatoms. The molecule has 1 aromatic rings. The van der Waals surface area contributed by atoms with Gasteiger partial charge in [0.15, 0.2) is 0 Å². The van der Waals surface area contributed by atoms with Gasteiger partial charge in [-0.25, -0.2) is 10.9 Å². The number of imide groups is 1. The van der Waals surface area contributed by atoms with Crippen molar-refractivity contribution >= 4 is 24.0 Å². The summed E-state index contributed by atoms with van der Waals surface area (Å²) < 4.78 is 0. The molecule has 0 spiro atoms. The van der Waals surface area contributed by atoms with Gasteiger partial charge in [-0.3, -0.25) is 9.59 Å². The smallest absolute Gasteiger partial charge is 0.268 e. The van der Waals surface area contributed by atoms with E-state index in [1.54, 1.807) is 0 Å². The zero-order valence-electron chi connectivity index (χ0n) is 9.87. The number of hydrogen-bond donors (Lipinski definition) is 1. The summed E-state index contributed by atoms with van der Waals surface area (Å²) in [6, 6.07) is 8.07. The zero-order valence-corrected chi connectivity index (χ0v) is 9.87. The second-order valence-corrected chi connectivity index (χ2v) is 3.45. The van der Waals surface area contributed by atoms with Crippen LogP contribution in [0.2, 0.25) is 0 Å². The maximum atomic E-state index is 10.3. The predicted molar refractivity (Wildman–Crippen MR) is 71.8 cm³/mol. The van der Waals surface area contributed by atoms with Gasteiger partial charge in [-0.05, 0) is 11.1 Å². The monoisotopic (exact) mass is 242 g/mol. The molecule has 0 fully saturated rings. The number of amides is 2. The van der Waals surface area contributed by atoms with Crippen molar-refractivity contribution in [2.75, 3.05) is 0 Å². The lowest BCUT2D eigenvalue weighted by molar-refractivity contribution is -0.137. The maximum absolute atomic E-state index is 10.3. The number of hydrazine groups is 1. The van der Waals surface area contributed by atoms with Crippen molar-refractivity contribution in [1.82, 2.24) is 5.01 Å². The molecule has 0 aliphatic carbocycles. The van der Waals surface area contributed by atoms with Gasteiger partial charge >= 0.3 is 0 Å². The van der Waals surface area contributed by atoms with Gasteiger partial charge in [0.05, 0.1) is 0 Å². The van der Waals surface area contributed by atoms with E-state index in [1.165, 1.54) is 0 Å². The zero-order chi connectivity index (χ0) is 13.5. The topological polar surface area (TPSA) is 63.4 Å². The van der Waals surface area contributed by atoms with Crippen molar-refractivity contribution in [2.24, 2.45) is 5.84 Å². The first-order chi connectivity index (χ1) is 8.58. The second kappa shape index (κ2) is 6.32. The van der Waals surface area contributed by atoms with E-state index in [1.807, 2.05) is 36.4 Å². The standard InChI is InChI=1S/C10H10.C4H4N2O2/c1-3-9-5-7-10(4-2)8-6-9;5-6-3(7)1-2-4(6)8/h3-8H,1-2H2;1-2H,5H2. The number of nitrogens with zero attached hydrogens (tertiary/aromatic N) is 1. The van der Waals surface area contributed by atoms with Crippen LogP contribution >= 0.6 is 0 Å². The van der Waals surface area contributed by atoms with E-state index < -0.39 is 11.8 Å². The van der Waals surface area contributed by atoms with E-state index >= 15 is 0 Å². The number of nitrogens with two attached hydrogens (primary N) is 1. The van der Waals surface area contributed by atoms with Crippen molar-refractivity contribution in [1.29, 1.82) is 0 Å². The molecule has 1 aromatic carbocycles. The molecular formula is C14H14N2O2. The van der Waals surface area contributed by atoms with E-state index in [0.29, 0.717) is 5.01 Å². The van der Waals surface area contributed by atoms with Crippen LogP contribution in [0.5, 0.6) is 0 Å². The molecule has 0 unspecified atom stereocenters. The lowest BCUT2D eigenvalue weighted by Crippen LogP contribution is -2.36. The molecule has 2 rings (SSSR count). The Kier molecular flexibility index (Phi) is 4.78. The number of benzene rings is 1. The van der Waals surface area contributed by atoms with Gasteiger partial charge in [-0.1, -0.05) is 49.6 Å². The third-order valence-electron chi connectivity index (χ3n) is 2.25. The van der Waals surface area contributed by atoms with Crippen LogP contribution in [-0.4, -0.2) is 16.8 Å². The molecule has 0 atom stereocenters. The van der Waals surface area contributed by atoms with Crippen LogP contribution in [0.15, 0.2) is 49.6 Å². The summed E-state index contributed by atoms with van der Waals surface area (Å²) in [7, 11) is 0. The summed E-state index contributed by atoms with van der Waals surface area (Å²) >= 11 is 0. The highest BCUT2D eigenvalue weighted by molar-refractivity contribution is 6.12. The lowest BCUT2D eigenvalue weighted by Gasteiger charge is -2.01. The Hall–Kier alpha value is -2.46. The average molecular weight is 242 g/mol. The van der Waals surface area contributed by atoms with Gasteiger partial charge in [0.1, 0.15) is 0 Å². The van der Waals surface area contributed by atoms with Gasteiger partial charge in [0.25, 0.3) is 11.8 Å². The van der Waals surface area contributed by atoms with Crippen LogP contribution in [0.4, 0.5) is 0 Å². The van der Waals surface area contributed by atoms with Crippen molar-refractivity contribution < 1.29 is 9.59 Å². The molecule has 0 aromatic heterocycles. The SMILES string of the molecule is C=Cc1ccc(C=C)cc1.NN1C(=O)C=CC1=O. The van der Waals surface area contributed by atoms with Crippen molar-refractivity contribution in [2.45, 2.75) is 0 Å². The first kappa shape index (κ1) is 13.6. The van der Waals surface area contributed by atoms with E-state index in [9.17, 15) is 9.59 Å². The molecule has 92 valence electrons. The van der Waals surface area contributed by atoms with Crippen LogP contribution in [0.1, 0.15) is 11.1 Å². The largest absolute Gasteiger partial charge is 0.268 e. The minimum Gasteiger partial charge on any atom is -0.268 e. The molecule has 18 heavy (non-hydrogen) atoms. The Bertz CT molecular complexity index is 456. The fourth-order valence-corrected chi connectivity index (χ4v) is 1.18. The minimum atomic E-state index is -0.463. The number of rotatable bonds is 2. The van der Waals surface area contributed by atoms with Gasteiger partial charge in [0, 0.05) is 12.2 Å². The normalized spacial score (nSPS) is 13.1. The summed E-state index contributed by atoms with van der Waals surface area (Å²) in [6.45, 7) is 7.32. The molecule has 1 heterocycles. The maximum Gasteiger partial charge on any atom is 0.268 e. The van der Waals surface area contributed by atoms with E-state index in [0.717, 1.165) is 23.3 Å². The fourth-order valence-electron chi connectivity index (χ4n) is 1.18. The summed E-state index contributed by atoms with van der Waals surface area (Å²) in [5.74, 6) is 3.97. The molecule has 0 bridgehead atoms. The summed E-state index contributed by atoms with van der Waals surface area (Å²) in [5, 5.41) is 0.556. The molecule has 2 amide bonds. The van der Waals surface area contributed by atoms with E-state index in [-0.39, 0.29) is 0 Å². The molecular weight excluding hydrogens is 228 g/mol. The van der Waals surface area contributed by atoms with Crippen molar-refractivity contribution in [3.63, 3.8) is 0 Å². The van der Waals surface area contributed by atoms with Gasteiger partial charge < -0.3 is 0 Å². The van der Waals surface area contributed by atoms with Crippen LogP contribution in [0.3, 0.4) is 0 Å². The molecule has 1 aliphatic rings. The Morgan fingerprint density at radius 3 is 1.39 bits per heavy atom. The third-order valence-corrected chi connectivity index (χ3v) is 2.25. The molecule has 0 radical (unpaired) electrons. The highest BCUT2D eigenvalue weighted by atomic mass is 16.2. The fraction of sp³-hybridized carbons (Fsp3) is 0. The van der Waals surface area contributed by atoms with Crippen molar-refractivity contribution in [3.8, 4) is 0 Å². The highest BCUT2D eigenvalue weighted by Gasteiger charge is 2.18. The van der Waals surface area contributed by atoms with Crippen LogP contribution < -0.4 is 5.84 Å². The molecule has 2 N–H and O–H groups in total. The Morgan fingerprint density at radius 1 is 0.889 bits per heavy atom. The molecule has 4 nitrogen and oxygen atoms in total. The van der Waals surface area contributed by atoms with Crippen LogP contribution in [-0.2, 0) is 9.59 Å². The van der Waals surface area contributed by atoms with Crippen molar-refractivity contribution in [3.05, 3.63) is 60.7 Å². The number of carbonyl (C=O) groups excluding carboxylic acids is 2. The van der Waals surface area contributed by atoms with Gasteiger partial charge in [-0.2, -0.15) is 0 Å². The van der Waals surface area contributed by atoms with E-state index in [2.05, 4.69) is 13.2 Å². The minimum absolute atomic E-state index is 0.463. The molecule has 0 saturated carbocycles. The first-order valence-electron chi connectivity index (χ1n) is 5.24. The quantitative estimate of drug-likeness (QED) is 0.488. The summed E-state index contributed by atoms with van der Waals surface area (Å²) in [4.78, 5) is 20.6. The summed E-state index contributed by atoms with van der Waals surface area (Å²) in [5.41, 5.74) is 2.29. The van der Waals surface area contributed by atoms with E-state index in [4.69, 9.17) is 5.84 Å². The average Bonchev–Trinajstić information content (AvgIpc) is 2.71. The second-order valence-electron chi connectivity index (χ2n) is 3.45. The number of hydrogen-bond acceptors (Lipinski definition) is 3. The van der Waals surface area contributed by atoms with Gasteiger partial charge in [-0.15, -0.1) is 0 Å². The Morgan fingerprint density at radius 2 is 1.22 bits per heavy atom. The first-order valence-corrected chi connectivity index (χ1v) is 5.24. The highest BCUT2D eigenvalue weighted by Crippen LogP contribution is 2.05. The molecule has 1 aliphatic heterocycles. The van der Waals surface area contributed by atoms with Crippen LogP contribution in [0, 0.1) is 0 Å². The lowest BCUT2D eigenvalue weighted by atomic mass is 10.1. The Balaban J connectivity index is 0.000000184.